The van der Waals surface area contributed by atoms with Crippen LogP contribution in [0.4, 0.5) is 34.6 Å². The number of anilines is 2. The Morgan fingerprint density at radius 2 is 2.00 bits per heavy atom. The second-order valence-corrected chi connectivity index (χ2v) is 6.15. The normalized spacial score (nSPS) is 15.7. The lowest BCUT2D eigenvalue weighted by molar-refractivity contribution is -0.275. The Hall–Kier alpha value is -2.81. The van der Waals surface area contributed by atoms with Gasteiger partial charge < -0.3 is 15.0 Å². The molecule has 0 saturated heterocycles. The monoisotopic (exact) mass is 398 g/mol. The summed E-state index contributed by atoms with van der Waals surface area (Å²) >= 11 is 6.27. The standard InChI is InChI=1S/C17H11ClF4N4O/c18-10-2-1-3-12-14(10)26-7-6-23-16(26)15(25-12)24-9-4-5-13(11(19)8-9)27-17(20,21)22/h1-5,8H,6-7H2,(H,24,25). The van der Waals surface area contributed by atoms with Crippen LogP contribution < -0.4 is 15.0 Å². The molecule has 0 unspecified atom stereocenters. The van der Waals surface area contributed by atoms with Crippen molar-refractivity contribution in [1.82, 2.24) is 0 Å². The third kappa shape index (κ3) is 3.42. The molecule has 0 fully saturated rings. The summed E-state index contributed by atoms with van der Waals surface area (Å²) in [5, 5.41) is 3.43. The zero-order valence-corrected chi connectivity index (χ0v) is 14.3. The largest absolute Gasteiger partial charge is 0.573 e. The molecule has 0 saturated carbocycles. The molecule has 0 radical (unpaired) electrons. The van der Waals surface area contributed by atoms with Crippen molar-refractivity contribution in [3.8, 4) is 5.75 Å². The van der Waals surface area contributed by atoms with Crippen LogP contribution in [0.15, 0.2) is 46.4 Å². The second kappa shape index (κ2) is 6.41. The minimum Gasteiger partial charge on any atom is -0.403 e. The van der Waals surface area contributed by atoms with Crippen LogP contribution in [-0.2, 0) is 0 Å². The van der Waals surface area contributed by atoms with Gasteiger partial charge in [-0.05, 0) is 24.3 Å². The molecule has 2 aromatic carbocycles. The minimum atomic E-state index is -4.97. The molecule has 0 aliphatic carbocycles. The summed E-state index contributed by atoms with van der Waals surface area (Å²) in [4.78, 5) is 10.8. The van der Waals surface area contributed by atoms with E-state index < -0.39 is 17.9 Å². The van der Waals surface area contributed by atoms with Crippen molar-refractivity contribution < 1.29 is 22.3 Å². The Kier molecular flexibility index (Phi) is 4.18. The maximum absolute atomic E-state index is 13.9. The third-order valence-corrected chi connectivity index (χ3v) is 4.25. The number of hydrogen-bond acceptors (Lipinski definition) is 5. The van der Waals surface area contributed by atoms with Gasteiger partial charge >= 0.3 is 6.36 Å². The molecule has 1 N–H and O–H groups in total. The summed E-state index contributed by atoms with van der Waals surface area (Å²) < 4.78 is 54.3. The van der Waals surface area contributed by atoms with Gasteiger partial charge in [0.25, 0.3) is 0 Å². The van der Waals surface area contributed by atoms with Crippen LogP contribution in [0.1, 0.15) is 0 Å². The van der Waals surface area contributed by atoms with Gasteiger partial charge in [-0.3, -0.25) is 4.99 Å². The van der Waals surface area contributed by atoms with Crippen LogP contribution >= 0.6 is 11.6 Å². The SMILES string of the molecule is Fc1cc(NC2=Nc3cccc(Cl)c3N3CCN=C23)ccc1OC(F)(F)F. The smallest absolute Gasteiger partial charge is 0.403 e. The summed E-state index contributed by atoms with van der Waals surface area (Å²) in [7, 11) is 0. The average Bonchev–Trinajstić information content (AvgIpc) is 3.06. The Morgan fingerprint density at radius 1 is 1.19 bits per heavy atom. The highest BCUT2D eigenvalue weighted by Crippen LogP contribution is 2.40. The van der Waals surface area contributed by atoms with Crippen molar-refractivity contribution in [3.05, 3.63) is 47.2 Å². The summed E-state index contributed by atoms with van der Waals surface area (Å²) in [5.41, 5.74) is 1.56. The van der Waals surface area contributed by atoms with Crippen LogP contribution in [0, 0.1) is 5.82 Å². The highest BCUT2D eigenvalue weighted by molar-refractivity contribution is 6.52. The van der Waals surface area contributed by atoms with Crippen LogP contribution in [-0.4, -0.2) is 31.1 Å². The Balaban J connectivity index is 1.65. The van der Waals surface area contributed by atoms with Crippen molar-refractivity contribution in [3.63, 3.8) is 0 Å². The topological polar surface area (TPSA) is 49.2 Å². The molecule has 0 bridgehead atoms. The fraction of sp³-hybridized carbons (Fsp3) is 0.176. The number of nitrogens with zero attached hydrogens (tertiary/aromatic N) is 3. The Bertz CT molecular complexity index is 974. The Morgan fingerprint density at radius 3 is 2.74 bits per heavy atom. The fourth-order valence-electron chi connectivity index (χ4n) is 2.91. The zero-order chi connectivity index (χ0) is 19.2. The molecule has 27 heavy (non-hydrogen) atoms. The molecule has 5 nitrogen and oxygen atoms in total. The van der Waals surface area contributed by atoms with E-state index in [0.717, 1.165) is 17.8 Å². The number of halogens is 5. The lowest BCUT2D eigenvalue weighted by Crippen LogP contribution is -2.39. The molecule has 0 aromatic heterocycles. The molecule has 2 aliphatic heterocycles. The number of nitrogens with one attached hydrogen (secondary N) is 1. The highest BCUT2D eigenvalue weighted by Gasteiger charge is 2.33. The molecular formula is C17H11ClF4N4O. The van der Waals surface area contributed by atoms with Gasteiger partial charge in [0.1, 0.15) is 0 Å². The van der Waals surface area contributed by atoms with E-state index in [2.05, 4.69) is 20.0 Å². The molecule has 4 rings (SSSR count). The number of fused-ring (bicyclic) bond motifs is 3. The number of amidine groups is 2. The number of hydrogen-bond donors (Lipinski definition) is 1. The fourth-order valence-corrected chi connectivity index (χ4v) is 3.18. The average molecular weight is 399 g/mol. The first-order chi connectivity index (χ1) is 12.8. The first kappa shape index (κ1) is 17.6. The van der Waals surface area contributed by atoms with Gasteiger partial charge in [0.2, 0.25) is 0 Å². The van der Waals surface area contributed by atoms with E-state index in [4.69, 9.17) is 11.6 Å². The summed E-state index contributed by atoms with van der Waals surface area (Å²) in [6.45, 7) is 1.15. The van der Waals surface area contributed by atoms with Crippen LogP contribution in [0.2, 0.25) is 5.02 Å². The van der Waals surface area contributed by atoms with Gasteiger partial charge in [-0.15, -0.1) is 13.2 Å². The van der Waals surface area contributed by atoms with Crippen molar-refractivity contribution in [2.24, 2.45) is 9.98 Å². The second-order valence-electron chi connectivity index (χ2n) is 5.74. The third-order valence-electron chi connectivity index (χ3n) is 3.94. The number of rotatable bonds is 2. The predicted molar refractivity (Wildman–Crippen MR) is 94.9 cm³/mol. The summed E-state index contributed by atoms with van der Waals surface area (Å²) in [6, 6.07) is 8.34. The van der Waals surface area contributed by atoms with Crippen molar-refractivity contribution >= 4 is 40.3 Å². The molecule has 2 aliphatic rings. The van der Waals surface area contributed by atoms with E-state index >= 15 is 0 Å². The number of ether oxygens (including phenoxy) is 1. The zero-order valence-electron chi connectivity index (χ0n) is 13.5. The van der Waals surface area contributed by atoms with Crippen molar-refractivity contribution in [2.75, 3.05) is 23.3 Å². The van der Waals surface area contributed by atoms with Crippen LogP contribution in [0.5, 0.6) is 5.75 Å². The molecule has 2 heterocycles. The van der Waals surface area contributed by atoms with E-state index in [0.29, 0.717) is 35.5 Å². The number of para-hydroxylation sites is 1. The highest BCUT2D eigenvalue weighted by atomic mass is 35.5. The van der Waals surface area contributed by atoms with Crippen molar-refractivity contribution in [2.45, 2.75) is 6.36 Å². The molecule has 0 spiro atoms. The van der Waals surface area contributed by atoms with E-state index in [1.165, 1.54) is 6.07 Å². The predicted octanol–water partition coefficient (Wildman–Crippen LogP) is 4.75. The lowest BCUT2D eigenvalue weighted by atomic mass is 10.2. The minimum absolute atomic E-state index is 0.209. The van der Waals surface area contributed by atoms with Gasteiger partial charge in [-0.25, -0.2) is 9.38 Å². The first-order valence-corrected chi connectivity index (χ1v) is 8.21. The molecule has 0 atom stereocenters. The molecule has 0 amide bonds. The number of aliphatic imine (C=N–C) groups is 2. The van der Waals surface area contributed by atoms with Gasteiger partial charge in [0.05, 0.1) is 22.9 Å². The van der Waals surface area contributed by atoms with E-state index in [1.807, 2.05) is 4.90 Å². The molecule has 10 heteroatoms. The van der Waals surface area contributed by atoms with Gasteiger partial charge in [-0.2, -0.15) is 0 Å². The van der Waals surface area contributed by atoms with E-state index in [9.17, 15) is 17.6 Å². The van der Waals surface area contributed by atoms with Crippen LogP contribution in [0.25, 0.3) is 0 Å². The van der Waals surface area contributed by atoms with Gasteiger partial charge in [-0.1, -0.05) is 17.7 Å². The van der Waals surface area contributed by atoms with E-state index in [1.54, 1.807) is 18.2 Å². The number of alkyl halides is 3. The molecular weight excluding hydrogens is 388 g/mol. The summed E-state index contributed by atoms with van der Waals surface area (Å²) in [5.74, 6) is -1.17. The first-order valence-electron chi connectivity index (χ1n) is 7.84. The molecule has 2 aromatic rings. The maximum Gasteiger partial charge on any atom is 0.573 e. The van der Waals surface area contributed by atoms with Crippen molar-refractivity contribution in [1.29, 1.82) is 0 Å². The van der Waals surface area contributed by atoms with E-state index in [-0.39, 0.29) is 5.69 Å². The number of benzene rings is 2. The lowest BCUT2D eigenvalue weighted by Gasteiger charge is -2.28. The quantitative estimate of drug-likeness (QED) is 0.742. The van der Waals surface area contributed by atoms with Gasteiger partial charge in [0, 0.05) is 18.3 Å². The van der Waals surface area contributed by atoms with Gasteiger partial charge in [0.15, 0.2) is 23.2 Å². The molecule has 140 valence electrons. The summed E-state index contributed by atoms with van der Waals surface area (Å²) in [6.07, 6.45) is -4.97. The maximum atomic E-state index is 13.9. The van der Waals surface area contributed by atoms with Crippen LogP contribution in [0.3, 0.4) is 0 Å². The Labute approximate surface area is 155 Å².